The van der Waals surface area contributed by atoms with Crippen LogP contribution < -0.4 is 16.4 Å². The number of carboxylic acid groups (broad SMARTS) is 4. The normalized spacial score (nSPS) is 13.3. The van der Waals surface area contributed by atoms with Crippen molar-refractivity contribution in [2.45, 2.75) is 122 Å². The fraction of sp³-hybridized carbons (Fsp3) is 0.420. The average molecular weight is 972 g/mol. The van der Waals surface area contributed by atoms with Crippen molar-refractivity contribution in [3.05, 3.63) is 88.9 Å². The lowest BCUT2D eigenvalue weighted by Crippen LogP contribution is -2.49. The van der Waals surface area contributed by atoms with Gasteiger partial charge in [0, 0.05) is 63.2 Å². The summed E-state index contributed by atoms with van der Waals surface area (Å²) in [7, 11) is 0. The lowest BCUT2D eigenvalue weighted by atomic mass is 9.94. The van der Waals surface area contributed by atoms with Crippen LogP contribution in [-0.2, 0) is 67.2 Å². The van der Waals surface area contributed by atoms with E-state index < -0.39 is 127 Å². The van der Waals surface area contributed by atoms with Gasteiger partial charge in [0.15, 0.2) is 0 Å². The molecule has 70 heavy (non-hydrogen) atoms. The quantitative estimate of drug-likeness (QED) is 0.0345. The Bertz CT molecular complexity index is 2590. The molecule has 0 saturated heterocycles. The number of carboxylic acids is 4. The molecule has 9 N–H and O–H groups in total. The van der Waals surface area contributed by atoms with Gasteiger partial charge in [-0.05, 0) is 67.0 Å². The third kappa shape index (κ3) is 16.9. The number of aromatic nitrogens is 2. The number of amides is 2. The molecule has 0 radical (unpaired) electrons. The molecule has 20 heteroatoms. The third-order valence-corrected chi connectivity index (χ3v) is 11.7. The second-order valence-electron chi connectivity index (χ2n) is 17.4. The van der Waals surface area contributed by atoms with Gasteiger partial charge in [-0.15, -0.1) is 0 Å². The lowest BCUT2D eigenvalue weighted by Gasteiger charge is -2.18. The number of nitrogens with two attached hydrogens (primary N) is 1. The molecule has 4 rings (SSSR count). The first-order chi connectivity index (χ1) is 33.1. The number of ketones is 4. The van der Waals surface area contributed by atoms with Crippen molar-refractivity contribution in [3.8, 4) is 11.1 Å². The molecule has 0 fully saturated rings. The first-order valence-corrected chi connectivity index (χ1v) is 22.8. The van der Waals surface area contributed by atoms with Crippen molar-refractivity contribution in [2.24, 2.45) is 17.6 Å². The fourth-order valence-corrected chi connectivity index (χ4v) is 7.96. The van der Waals surface area contributed by atoms with Crippen LogP contribution in [0, 0.1) is 24.6 Å². The number of rotatable bonds is 31. The Morgan fingerprint density at radius 2 is 1.26 bits per heavy atom. The van der Waals surface area contributed by atoms with Gasteiger partial charge >= 0.3 is 23.9 Å². The van der Waals surface area contributed by atoms with Crippen molar-refractivity contribution in [1.29, 1.82) is 0 Å². The number of nitrogens with zero attached hydrogens (tertiary/aromatic N) is 1. The van der Waals surface area contributed by atoms with Gasteiger partial charge in [-0.1, -0.05) is 67.4 Å². The van der Waals surface area contributed by atoms with Crippen molar-refractivity contribution < 1.29 is 72.8 Å². The highest BCUT2D eigenvalue weighted by molar-refractivity contribution is 6.00. The summed E-state index contributed by atoms with van der Waals surface area (Å²) in [5.74, 6) is -12.1. The molecule has 0 aliphatic heterocycles. The zero-order chi connectivity index (χ0) is 51.7. The molecule has 0 unspecified atom stereocenters. The Hall–Kier alpha value is -7.48. The molecular formula is C50H58FN5O14. The number of benzene rings is 3. The molecule has 0 bridgehead atoms. The number of Topliss-reactive ketones (excluding diaryl/α,β-unsaturated/α-hetero) is 4. The zero-order valence-corrected chi connectivity index (χ0v) is 38.8. The predicted molar refractivity (Wildman–Crippen MR) is 250 cm³/mol. The van der Waals surface area contributed by atoms with E-state index in [1.165, 1.54) is 6.07 Å². The van der Waals surface area contributed by atoms with Crippen LogP contribution in [0.3, 0.4) is 0 Å². The van der Waals surface area contributed by atoms with E-state index in [0.717, 1.165) is 22.3 Å². The lowest BCUT2D eigenvalue weighted by molar-refractivity contribution is -0.145. The number of hydrogen-bond donors (Lipinski definition) is 8. The van der Waals surface area contributed by atoms with Gasteiger partial charge in [0.2, 0.25) is 11.8 Å². The summed E-state index contributed by atoms with van der Waals surface area (Å²) in [6.45, 7) is 3.57. The van der Waals surface area contributed by atoms with E-state index in [0.29, 0.717) is 28.6 Å². The van der Waals surface area contributed by atoms with Gasteiger partial charge in [0.25, 0.3) is 0 Å². The standard InChI is InChI=1S/C50H58FN5O14/c1-3-5-30(47(63)64)22-33(57)14-17-41(49(67)68)53-44(61)19-13-31(48(65)66)23-34(58)15-18-42(50(69)70)54-46(62)39(52)25-36(60)26-43-45-37(6-4-7-40(45)55-56-43)29-11-9-28(10-12-29)21-35(59)24-32-20-27(2)8-16-38(32)51/h4,6-12,16,20,30-31,39,41-42H,3,5,13-15,17-19,21-26,52H2,1-2H3,(H,53,61)(H,54,62)(H,55,56)(H,63,64)(H,65,66)(H,67,68)(H,69,70)/t30-,31-,39+,41+,42+/m1/s1. The molecule has 4 aromatic rings. The Labute approximate surface area is 401 Å². The number of halogens is 1. The van der Waals surface area contributed by atoms with Gasteiger partial charge in [0.1, 0.15) is 41.0 Å². The van der Waals surface area contributed by atoms with Gasteiger partial charge in [-0.25, -0.2) is 14.0 Å². The maximum absolute atomic E-state index is 14.2. The molecule has 3 aromatic carbocycles. The highest BCUT2D eigenvalue weighted by Gasteiger charge is 2.29. The summed E-state index contributed by atoms with van der Waals surface area (Å²) < 4.78 is 14.2. The van der Waals surface area contributed by atoms with Crippen LogP contribution in [0.25, 0.3) is 22.0 Å². The van der Waals surface area contributed by atoms with Crippen LogP contribution in [0.4, 0.5) is 4.39 Å². The van der Waals surface area contributed by atoms with Crippen molar-refractivity contribution >= 4 is 69.7 Å². The minimum Gasteiger partial charge on any atom is -0.481 e. The van der Waals surface area contributed by atoms with E-state index in [2.05, 4.69) is 20.8 Å². The molecule has 19 nitrogen and oxygen atoms in total. The number of carbonyl (C=O) groups excluding carboxylic acids is 6. The van der Waals surface area contributed by atoms with E-state index in [4.69, 9.17) is 5.73 Å². The number of nitrogens with one attached hydrogen (secondary N) is 3. The van der Waals surface area contributed by atoms with Crippen molar-refractivity contribution in [1.82, 2.24) is 20.8 Å². The summed E-state index contributed by atoms with van der Waals surface area (Å²) in [6, 6.07) is 12.5. The minimum absolute atomic E-state index is 0.0467. The summed E-state index contributed by atoms with van der Waals surface area (Å²) in [4.78, 5) is 124. The first kappa shape index (κ1) is 55.1. The molecule has 1 heterocycles. The number of aliphatic carboxylic acids is 4. The maximum Gasteiger partial charge on any atom is 0.326 e. The summed E-state index contributed by atoms with van der Waals surface area (Å²) >= 11 is 0. The third-order valence-electron chi connectivity index (χ3n) is 11.7. The molecule has 2 amide bonds. The summed E-state index contributed by atoms with van der Waals surface area (Å²) in [5, 5.41) is 50.6. The van der Waals surface area contributed by atoms with Gasteiger partial charge in [0.05, 0.1) is 29.1 Å². The number of hydrogen-bond acceptors (Lipinski definition) is 12. The number of H-pyrrole nitrogens is 1. The topological polar surface area (TPSA) is 330 Å². The van der Waals surface area contributed by atoms with Crippen LogP contribution >= 0.6 is 0 Å². The molecule has 0 aliphatic rings. The number of aromatic amines is 1. The molecule has 374 valence electrons. The van der Waals surface area contributed by atoms with Crippen molar-refractivity contribution in [3.63, 3.8) is 0 Å². The Morgan fingerprint density at radius 3 is 1.84 bits per heavy atom. The Balaban J connectivity index is 1.26. The van der Waals surface area contributed by atoms with E-state index in [1.807, 2.05) is 25.1 Å². The summed E-state index contributed by atoms with van der Waals surface area (Å²) in [6.07, 6.45) is -3.35. The summed E-state index contributed by atoms with van der Waals surface area (Å²) in [5.41, 5.74) is 10.4. The smallest absolute Gasteiger partial charge is 0.326 e. The van der Waals surface area contributed by atoms with Crippen LogP contribution in [0.5, 0.6) is 0 Å². The average Bonchev–Trinajstić information content (AvgIpc) is 3.71. The first-order valence-electron chi connectivity index (χ1n) is 22.8. The van der Waals surface area contributed by atoms with E-state index >= 15 is 0 Å². The van der Waals surface area contributed by atoms with Crippen LogP contribution in [-0.4, -0.2) is 108 Å². The molecule has 0 saturated carbocycles. The Morgan fingerprint density at radius 1 is 0.657 bits per heavy atom. The molecule has 5 atom stereocenters. The highest BCUT2D eigenvalue weighted by Crippen LogP contribution is 2.31. The van der Waals surface area contributed by atoms with Crippen molar-refractivity contribution in [2.75, 3.05) is 0 Å². The number of carbonyl (C=O) groups is 10. The van der Waals surface area contributed by atoms with E-state index in [1.54, 1.807) is 43.3 Å². The molecular weight excluding hydrogens is 914 g/mol. The predicted octanol–water partition coefficient (Wildman–Crippen LogP) is 4.46. The fourth-order valence-electron chi connectivity index (χ4n) is 7.96. The van der Waals surface area contributed by atoms with E-state index in [9.17, 15) is 72.8 Å². The van der Waals surface area contributed by atoms with Gasteiger partial charge in [-0.2, -0.15) is 5.10 Å². The monoisotopic (exact) mass is 971 g/mol. The SMILES string of the molecule is CCC[C@H](CC(=O)CC[C@H](NC(=O)CC[C@H](CC(=O)CC[C@H](NC(=O)[C@@H](N)CC(=O)Cc1[nH]nc2cccc(-c3ccc(CC(=O)Cc4cc(C)ccc4F)cc3)c12)C(=O)O)C(=O)O)C(=O)O)C(=O)O. The second kappa shape index (κ2) is 26.3. The highest BCUT2D eigenvalue weighted by atomic mass is 19.1. The van der Waals surface area contributed by atoms with Crippen LogP contribution in [0.1, 0.15) is 99.9 Å². The van der Waals surface area contributed by atoms with E-state index in [-0.39, 0.29) is 50.7 Å². The largest absolute Gasteiger partial charge is 0.481 e. The zero-order valence-electron chi connectivity index (χ0n) is 38.8. The second-order valence-corrected chi connectivity index (χ2v) is 17.4. The molecule has 0 spiro atoms. The molecule has 0 aliphatic carbocycles. The maximum atomic E-state index is 14.2. The van der Waals surface area contributed by atoms with Crippen LogP contribution in [0.2, 0.25) is 0 Å². The van der Waals surface area contributed by atoms with Crippen LogP contribution in [0.15, 0.2) is 60.7 Å². The van der Waals surface area contributed by atoms with Gasteiger partial charge < -0.3 is 36.8 Å². The number of aryl methyl sites for hydroxylation is 1. The van der Waals surface area contributed by atoms with Gasteiger partial charge in [-0.3, -0.25) is 43.5 Å². The Kier molecular flexibility index (Phi) is 20.7. The number of fused-ring (bicyclic) bond motifs is 1. The molecule has 1 aromatic heterocycles. The minimum atomic E-state index is -1.65.